The summed E-state index contributed by atoms with van der Waals surface area (Å²) in [5.41, 5.74) is 0.586. The number of rotatable bonds is 6. The van der Waals surface area contributed by atoms with Gasteiger partial charge in [0, 0.05) is 11.6 Å². The number of carboxylic acid groups (broad SMARTS) is 1. The predicted molar refractivity (Wildman–Crippen MR) is 70.0 cm³/mol. The lowest BCUT2D eigenvalue weighted by molar-refractivity contribution is -0.122. The lowest BCUT2D eigenvalue weighted by Crippen LogP contribution is -2.38. The molecule has 0 unspecified atom stereocenters. The van der Waals surface area contributed by atoms with Crippen molar-refractivity contribution < 1.29 is 19.1 Å². The number of carbonyl (C=O) groups is 2. The van der Waals surface area contributed by atoms with Crippen molar-refractivity contribution in [2.24, 2.45) is 0 Å². The highest BCUT2D eigenvalue weighted by Gasteiger charge is 2.16. The Morgan fingerprint density at radius 3 is 2.58 bits per heavy atom. The number of amides is 1. The van der Waals surface area contributed by atoms with Crippen molar-refractivity contribution in [1.29, 1.82) is 0 Å². The quantitative estimate of drug-likeness (QED) is 0.811. The molecule has 0 atom stereocenters. The zero-order chi connectivity index (χ0) is 14.6. The number of carbonyl (C=O) groups excluding carboxylic acids is 1. The summed E-state index contributed by atoms with van der Waals surface area (Å²) < 4.78 is 5.24. The molecule has 0 aliphatic rings. The Bertz CT molecular complexity index is 465. The van der Waals surface area contributed by atoms with Crippen LogP contribution in [-0.4, -0.2) is 41.5 Å². The number of likely N-dealkylation sites (N-methyl/N-ethyl adjacent to an activating group) is 1. The molecule has 6 heteroatoms. The van der Waals surface area contributed by atoms with Gasteiger partial charge in [0.15, 0.2) is 0 Å². The highest BCUT2D eigenvalue weighted by atomic mass is 16.4. The normalized spacial score (nSPS) is 11.1. The molecule has 0 aromatic carbocycles. The van der Waals surface area contributed by atoms with Crippen LogP contribution in [-0.2, 0) is 11.3 Å². The monoisotopic (exact) mass is 268 g/mol. The SMILES string of the molecule is Cc1cc(CN(C)CC(=O)NC(C)C)oc1C(=O)O. The highest BCUT2D eigenvalue weighted by Crippen LogP contribution is 2.15. The minimum atomic E-state index is -1.08. The van der Waals surface area contributed by atoms with Gasteiger partial charge in [-0.1, -0.05) is 0 Å². The van der Waals surface area contributed by atoms with E-state index in [-0.39, 0.29) is 24.3 Å². The molecule has 0 radical (unpaired) electrons. The fourth-order valence-corrected chi connectivity index (χ4v) is 1.77. The van der Waals surface area contributed by atoms with Gasteiger partial charge < -0.3 is 14.8 Å². The third-order valence-electron chi connectivity index (χ3n) is 2.45. The number of carboxylic acids is 1. The molecule has 1 rings (SSSR count). The first-order valence-electron chi connectivity index (χ1n) is 6.10. The van der Waals surface area contributed by atoms with E-state index in [9.17, 15) is 9.59 Å². The van der Waals surface area contributed by atoms with Crippen LogP contribution in [0.2, 0.25) is 0 Å². The second-order valence-corrected chi connectivity index (χ2v) is 4.92. The van der Waals surface area contributed by atoms with Crippen molar-refractivity contribution in [2.75, 3.05) is 13.6 Å². The van der Waals surface area contributed by atoms with Crippen LogP contribution in [0.5, 0.6) is 0 Å². The molecule has 0 aliphatic carbocycles. The van der Waals surface area contributed by atoms with Gasteiger partial charge in [-0.15, -0.1) is 0 Å². The molecule has 0 saturated heterocycles. The number of aromatic carboxylic acids is 1. The second-order valence-electron chi connectivity index (χ2n) is 4.92. The van der Waals surface area contributed by atoms with Gasteiger partial charge in [-0.05, 0) is 33.9 Å². The Kier molecular flexibility index (Phi) is 5.11. The zero-order valence-corrected chi connectivity index (χ0v) is 11.7. The fraction of sp³-hybridized carbons (Fsp3) is 0.538. The van der Waals surface area contributed by atoms with Crippen LogP contribution < -0.4 is 5.32 Å². The Labute approximate surface area is 112 Å². The van der Waals surface area contributed by atoms with Crippen LogP contribution >= 0.6 is 0 Å². The van der Waals surface area contributed by atoms with Crippen molar-refractivity contribution >= 4 is 11.9 Å². The Morgan fingerprint density at radius 1 is 1.47 bits per heavy atom. The molecule has 0 saturated carbocycles. The third-order valence-corrected chi connectivity index (χ3v) is 2.45. The van der Waals surface area contributed by atoms with E-state index in [1.165, 1.54) is 0 Å². The largest absolute Gasteiger partial charge is 0.475 e. The number of furan rings is 1. The average molecular weight is 268 g/mol. The predicted octanol–water partition coefficient (Wildman–Crippen LogP) is 1.24. The van der Waals surface area contributed by atoms with Gasteiger partial charge in [-0.25, -0.2) is 4.79 Å². The molecule has 6 nitrogen and oxygen atoms in total. The fourth-order valence-electron chi connectivity index (χ4n) is 1.77. The summed E-state index contributed by atoms with van der Waals surface area (Å²) in [6.07, 6.45) is 0. The van der Waals surface area contributed by atoms with Gasteiger partial charge in [-0.3, -0.25) is 9.69 Å². The molecule has 2 N–H and O–H groups in total. The van der Waals surface area contributed by atoms with E-state index in [1.807, 2.05) is 13.8 Å². The molecule has 106 valence electrons. The van der Waals surface area contributed by atoms with Gasteiger partial charge in [0.25, 0.3) is 0 Å². The van der Waals surface area contributed by atoms with E-state index in [0.29, 0.717) is 17.9 Å². The smallest absolute Gasteiger partial charge is 0.372 e. The van der Waals surface area contributed by atoms with E-state index in [0.717, 1.165) is 0 Å². The Morgan fingerprint density at radius 2 is 2.11 bits per heavy atom. The van der Waals surface area contributed by atoms with Crippen molar-refractivity contribution in [2.45, 2.75) is 33.4 Å². The van der Waals surface area contributed by atoms with E-state index in [2.05, 4.69) is 5.32 Å². The Hall–Kier alpha value is -1.82. The Balaban J connectivity index is 2.57. The van der Waals surface area contributed by atoms with Crippen LogP contribution in [0.4, 0.5) is 0 Å². The van der Waals surface area contributed by atoms with Gasteiger partial charge >= 0.3 is 5.97 Å². The van der Waals surface area contributed by atoms with Crippen molar-refractivity contribution in [3.8, 4) is 0 Å². The molecule has 0 spiro atoms. The van der Waals surface area contributed by atoms with Crippen LogP contribution in [0.3, 0.4) is 0 Å². The van der Waals surface area contributed by atoms with Crippen LogP contribution in [0.1, 0.15) is 35.7 Å². The molecule has 0 aliphatic heterocycles. The molecule has 1 amide bonds. The first kappa shape index (κ1) is 15.2. The van der Waals surface area contributed by atoms with Crippen molar-refractivity contribution in [1.82, 2.24) is 10.2 Å². The summed E-state index contributed by atoms with van der Waals surface area (Å²) >= 11 is 0. The van der Waals surface area contributed by atoms with Crippen LogP contribution in [0.15, 0.2) is 10.5 Å². The van der Waals surface area contributed by atoms with Gasteiger partial charge in [0.1, 0.15) is 5.76 Å². The average Bonchev–Trinajstić information content (AvgIpc) is 2.57. The lowest BCUT2D eigenvalue weighted by atomic mass is 10.2. The maximum absolute atomic E-state index is 11.6. The third kappa shape index (κ3) is 4.75. The summed E-state index contributed by atoms with van der Waals surface area (Å²) in [5.74, 6) is -0.659. The summed E-state index contributed by atoms with van der Waals surface area (Å²) in [4.78, 5) is 24.2. The molecule has 19 heavy (non-hydrogen) atoms. The maximum atomic E-state index is 11.6. The lowest BCUT2D eigenvalue weighted by Gasteiger charge is -2.16. The molecular weight excluding hydrogens is 248 g/mol. The summed E-state index contributed by atoms with van der Waals surface area (Å²) in [5, 5.41) is 11.7. The first-order chi connectivity index (χ1) is 8.79. The van der Waals surface area contributed by atoms with E-state index >= 15 is 0 Å². The van der Waals surface area contributed by atoms with E-state index in [4.69, 9.17) is 9.52 Å². The van der Waals surface area contributed by atoms with Crippen molar-refractivity contribution in [3.63, 3.8) is 0 Å². The van der Waals surface area contributed by atoms with Gasteiger partial charge in [0.05, 0.1) is 13.1 Å². The molecule has 1 aromatic rings. The standard InChI is InChI=1S/C13H20N2O4/c1-8(2)14-11(16)7-15(4)6-10-5-9(3)12(19-10)13(17)18/h5,8H,6-7H2,1-4H3,(H,14,16)(H,17,18). The number of nitrogens with one attached hydrogen (secondary N) is 1. The topological polar surface area (TPSA) is 82.8 Å². The molecule has 1 heterocycles. The van der Waals surface area contributed by atoms with E-state index < -0.39 is 5.97 Å². The molecule has 1 aromatic heterocycles. The minimum Gasteiger partial charge on any atom is -0.475 e. The molecule has 0 bridgehead atoms. The van der Waals surface area contributed by atoms with Crippen LogP contribution in [0, 0.1) is 6.92 Å². The first-order valence-corrected chi connectivity index (χ1v) is 6.10. The highest BCUT2D eigenvalue weighted by molar-refractivity contribution is 5.86. The summed E-state index contributed by atoms with van der Waals surface area (Å²) in [7, 11) is 1.78. The van der Waals surface area contributed by atoms with Gasteiger partial charge in [-0.2, -0.15) is 0 Å². The van der Waals surface area contributed by atoms with E-state index in [1.54, 1.807) is 24.9 Å². The number of aryl methyl sites for hydroxylation is 1. The van der Waals surface area contributed by atoms with Crippen molar-refractivity contribution in [3.05, 3.63) is 23.2 Å². The molecule has 0 fully saturated rings. The number of nitrogens with zero attached hydrogens (tertiary/aromatic N) is 1. The second kappa shape index (κ2) is 6.38. The van der Waals surface area contributed by atoms with Crippen LogP contribution in [0.25, 0.3) is 0 Å². The molecular formula is C13H20N2O4. The maximum Gasteiger partial charge on any atom is 0.372 e. The number of hydrogen-bond acceptors (Lipinski definition) is 4. The number of hydrogen-bond donors (Lipinski definition) is 2. The summed E-state index contributed by atoms with van der Waals surface area (Å²) in [6, 6.07) is 1.78. The summed E-state index contributed by atoms with van der Waals surface area (Å²) in [6.45, 7) is 6.10. The minimum absolute atomic E-state index is 0.0463. The zero-order valence-electron chi connectivity index (χ0n) is 11.7. The van der Waals surface area contributed by atoms with Gasteiger partial charge in [0.2, 0.25) is 11.7 Å².